The Morgan fingerprint density at radius 2 is 1.71 bits per heavy atom. The van der Waals surface area contributed by atoms with E-state index in [0.717, 1.165) is 6.07 Å². The molecule has 1 aliphatic heterocycles. The van der Waals surface area contributed by atoms with Crippen LogP contribution in [0.15, 0.2) is 24.3 Å². The van der Waals surface area contributed by atoms with Gasteiger partial charge in [-0.3, -0.25) is 0 Å². The van der Waals surface area contributed by atoms with E-state index in [2.05, 4.69) is 3.07 Å². The van der Waals surface area contributed by atoms with E-state index < -0.39 is 28.4 Å². The zero-order valence-electron chi connectivity index (χ0n) is 7.73. The molecule has 0 saturated carbocycles. The van der Waals surface area contributed by atoms with Crippen molar-refractivity contribution in [2.24, 2.45) is 0 Å². The van der Waals surface area contributed by atoms with E-state index in [4.69, 9.17) is 0 Å². The van der Waals surface area contributed by atoms with E-state index in [1.165, 1.54) is 26.0 Å². The zero-order valence-corrected chi connectivity index (χ0v) is 9.89. The van der Waals surface area contributed by atoms with Crippen molar-refractivity contribution in [1.82, 2.24) is 0 Å². The number of fused-ring (bicyclic) bond motifs is 1. The Bertz CT molecular complexity index is 395. The average molecular weight is 318 g/mol. The van der Waals surface area contributed by atoms with Crippen LogP contribution >= 0.6 is 19.2 Å². The SMILES string of the molecule is CC1(C)OI(F)(F)(F)c2ccccc21. The van der Waals surface area contributed by atoms with Gasteiger partial charge in [-0.2, -0.15) is 0 Å². The second-order valence-electron chi connectivity index (χ2n) is 3.70. The summed E-state index contributed by atoms with van der Waals surface area (Å²) in [5.74, 6) is 0. The van der Waals surface area contributed by atoms with Crippen molar-refractivity contribution in [3.63, 3.8) is 0 Å². The molecule has 5 heteroatoms. The molecule has 0 bridgehead atoms. The molecule has 0 N–H and O–H groups in total. The molecule has 1 aromatic rings. The fourth-order valence-corrected chi connectivity index (χ4v) is 6.36. The topological polar surface area (TPSA) is 9.23 Å². The Labute approximate surface area is 83.8 Å². The van der Waals surface area contributed by atoms with Crippen LogP contribution in [0.5, 0.6) is 0 Å². The first-order chi connectivity index (χ1) is 6.21. The molecule has 0 aliphatic carbocycles. The van der Waals surface area contributed by atoms with Gasteiger partial charge in [0.25, 0.3) is 0 Å². The molecule has 1 nitrogen and oxygen atoms in total. The van der Waals surface area contributed by atoms with Crippen molar-refractivity contribution in [3.05, 3.63) is 33.4 Å². The van der Waals surface area contributed by atoms with E-state index in [1.54, 1.807) is 6.07 Å². The summed E-state index contributed by atoms with van der Waals surface area (Å²) in [7, 11) is 0. The van der Waals surface area contributed by atoms with E-state index in [-0.39, 0.29) is 5.56 Å². The van der Waals surface area contributed by atoms with Gasteiger partial charge in [0.15, 0.2) is 0 Å². The van der Waals surface area contributed by atoms with E-state index in [1.807, 2.05) is 0 Å². The molecule has 0 unspecified atom stereocenters. The predicted molar refractivity (Wildman–Crippen MR) is 56.6 cm³/mol. The summed E-state index contributed by atoms with van der Waals surface area (Å²) in [6.45, 7) is 2.91. The standard InChI is InChI=1S/C9H10F3IO/c1-9(2)7-5-3-4-6-8(7)13(10,11,12)14-9/h3-6H,1-2H3. The van der Waals surface area contributed by atoms with Crippen molar-refractivity contribution in [1.29, 1.82) is 0 Å². The molecule has 1 aliphatic rings. The van der Waals surface area contributed by atoms with Crippen molar-refractivity contribution >= 4 is 19.2 Å². The predicted octanol–water partition coefficient (Wildman–Crippen LogP) is 4.27. The maximum atomic E-state index is 13.4. The number of halogens is 4. The molecular weight excluding hydrogens is 308 g/mol. The van der Waals surface area contributed by atoms with E-state index in [0.29, 0.717) is 0 Å². The summed E-state index contributed by atoms with van der Waals surface area (Å²) in [5.41, 5.74) is -0.954. The third kappa shape index (κ3) is 1.33. The minimum atomic E-state index is -7.20. The van der Waals surface area contributed by atoms with Crippen LogP contribution in [0.3, 0.4) is 0 Å². The van der Waals surface area contributed by atoms with Crippen molar-refractivity contribution in [2.45, 2.75) is 19.4 Å². The van der Waals surface area contributed by atoms with Gasteiger partial charge in [-0.05, 0) is 0 Å². The molecule has 0 fully saturated rings. The monoisotopic (exact) mass is 318 g/mol. The molecule has 0 aromatic heterocycles. The van der Waals surface area contributed by atoms with Crippen molar-refractivity contribution in [3.8, 4) is 0 Å². The van der Waals surface area contributed by atoms with E-state index in [9.17, 15) is 8.58 Å². The van der Waals surface area contributed by atoms with Crippen LogP contribution in [0.25, 0.3) is 0 Å². The van der Waals surface area contributed by atoms with Gasteiger partial charge in [0.1, 0.15) is 0 Å². The fourth-order valence-electron chi connectivity index (χ4n) is 1.60. The van der Waals surface area contributed by atoms with Crippen LogP contribution in [0, 0.1) is 3.57 Å². The van der Waals surface area contributed by atoms with Gasteiger partial charge in [0.05, 0.1) is 0 Å². The molecule has 1 heterocycles. The summed E-state index contributed by atoms with van der Waals surface area (Å²) >= 11 is -7.20. The van der Waals surface area contributed by atoms with Gasteiger partial charge in [0.2, 0.25) is 0 Å². The Morgan fingerprint density at radius 1 is 1.14 bits per heavy atom. The van der Waals surface area contributed by atoms with Crippen LogP contribution in [-0.2, 0) is 8.67 Å². The summed E-state index contributed by atoms with van der Waals surface area (Å²) < 4.78 is 44.1. The number of hydrogen-bond acceptors (Lipinski definition) is 1. The van der Waals surface area contributed by atoms with Crippen LogP contribution < -0.4 is 0 Å². The molecule has 14 heavy (non-hydrogen) atoms. The first kappa shape index (κ1) is 10.2. The van der Waals surface area contributed by atoms with Gasteiger partial charge in [-0.25, -0.2) is 0 Å². The summed E-state index contributed by atoms with van der Waals surface area (Å²) in [5, 5.41) is 0. The maximum absolute atomic E-state index is 13.4. The quantitative estimate of drug-likeness (QED) is 0.649. The Morgan fingerprint density at radius 3 is 2.29 bits per heavy atom. The molecule has 1 aromatic carbocycles. The Balaban J connectivity index is 2.74. The average Bonchev–Trinajstić information content (AvgIpc) is 2.16. The third-order valence-electron chi connectivity index (χ3n) is 2.16. The van der Waals surface area contributed by atoms with Crippen LogP contribution in [-0.4, -0.2) is 0 Å². The molecule has 0 amide bonds. The first-order valence-corrected chi connectivity index (χ1v) is 8.46. The van der Waals surface area contributed by atoms with Gasteiger partial charge in [-0.15, -0.1) is 0 Å². The Hall–Kier alpha value is -0.300. The molecule has 2 rings (SSSR count). The molecule has 0 saturated heterocycles. The van der Waals surface area contributed by atoms with Crippen LogP contribution in [0.4, 0.5) is 8.58 Å². The summed E-state index contributed by atoms with van der Waals surface area (Å²) in [6.07, 6.45) is 0. The number of hydrogen-bond donors (Lipinski definition) is 0. The molecule has 0 atom stereocenters. The van der Waals surface area contributed by atoms with Gasteiger partial charge < -0.3 is 0 Å². The summed E-state index contributed by atoms with van der Waals surface area (Å²) in [4.78, 5) is 0. The zero-order chi connectivity index (χ0) is 10.6. The van der Waals surface area contributed by atoms with Gasteiger partial charge in [-0.1, -0.05) is 0 Å². The van der Waals surface area contributed by atoms with Crippen LogP contribution in [0.1, 0.15) is 19.4 Å². The van der Waals surface area contributed by atoms with Crippen molar-refractivity contribution < 1.29 is 11.6 Å². The van der Waals surface area contributed by atoms with Gasteiger partial charge in [0, 0.05) is 0 Å². The molecule has 0 radical (unpaired) electrons. The fraction of sp³-hybridized carbons (Fsp3) is 0.333. The number of rotatable bonds is 0. The molecular formula is C9H10F3IO. The van der Waals surface area contributed by atoms with Gasteiger partial charge >= 0.3 is 83.7 Å². The molecule has 0 spiro atoms. The Kier molecular flexibility index (Phi) is 1.78. The van der Waals surface area contributed by atoms with Crippen LogP contribution in [0.2, 0.25) is 0 Å². The second kappa shape index (κ2) is 2.44. The number of benzene rings is 1. The molecule has 80 valence electrons. The second-order valence-corrected chi connectivity index (χ2v) is 8.89. The summed E-state index contributed by atoms with van der Waals surface area (Å²) in [6, 6.07) is 5.63. The normalized spacial score (nSPS) is 28.8. The first-order valence-electron chi connectivity index (χ1n) is 4.05. The third-order valence-corrected chi connectivity index (χ3v) is 6.71. The van der Waals surface area contributed by atoms with Crippen molar-refractivity contribution in [2.75, 3.05) is 0 Å². The van der Waals surface area contributed by atoms with E-state index >= 15 is 0 Å². The minimum absolute atomic E-state index is 0.265.